The van der Waals surface area contributed by atoms with Gasteiger partial charge in [-0.2, -0.15) is 0 Å². The number of ether oxygens (including phenoxy) is 1. The maximum absolute atomic E-state index is 11.6. The van der Waals surface area contributed by atoms with E-state index in [4.69, 9.17) is 4.74 Å². The highest BCUT2D eigenvalue weighted by Crippen LogP contribution is 2.25. The normalized spacial score (nSPS) is 11.2. The van der Waals surface area contributed by atoms with Gasteiger partial charge >= 0.3 is 5.97 Å². The molecule has 0 spiro atoms. The number of aromatic amines is 1. The first-order valence-corrected chi connectivity index (χ1v) is 7.76. The van der Waals surface area contributed by atoms with Gasteiger partial charge in [-0.1, -0.05) is 48.5 Å². The lowest BCUT2D eigenvalue weighted by molar-refractivity contribution is -0.137. The molecule has 3 nitrogen and oxygen atoms in total. The third-order valence-electron chi connectivity index (χ3n) is 3.72. The molecule has 3 aromatic rings. The topological polar surface area (TPSA) is 42.1 Å². The molecule has 1 aromatic heterocycles. The molecule has 0 radical (unpaired) electrons. The van der Waals surface area contributed by atoms with Gasteiger partial charge in [-0.25, -0.2) is 4.79 Å². The Morgan fingerprint density at radius 1 is 1.09 bits per heavy atom. The summed E-state index contributed by atoms with van der Waals surface area (Å²) in [5.74, 6) is -0.316. The highest BCUT2D eigenvalue weighted by molar-refractivity contribution is 5.95. The highest BCUT2D eigenvalue weighted by atomic mass is 16.5. The van der Waals surface area contributed by atoms with Crippen molar-refractivity contribution in [2.75, 3.05) is 6.61 Å². The first-order valence-electron chi connectivity index (χ1n) is 7.76. The van der Waals surface area contributed by atoms with Crippen LogP contribution in [0.25, 0.3) is 17.0 Å². The second-order valence-corrected chi connectivity index (χ2v) is 5.31. The summed E-state index contributed by atoms with van der Waals surface area (Å²) in [6, 6.07) is 18.4. The van der Waals surface area contributed by atoms with Crippen molar-refractivity contribution in [2.24, 2.45) is 0 Å². The number of rotatable bonds is 5. The number of aromatic nitrogens is 1. The fourth-order valence-corrected chi connectivity index (χ4v) is 2.69. The summed E-state index contributed by atoms with van der Waals surface area (Å²) in [7, 11) is 0. The summed E-state index contributed by atoms with van der Waals surface area (Å²) in [6.07, 6.45) is 4.13. The third kappa shape index (κ3) is 3.51. The molecule has 0 atom stereocenters. The molecule has 0 aliphatic heterocycles. The van der Waals surface area contributed by atoms with Crippen LogP contribution in [0, 0.1) is 0 Å². The summed E-state index contributed by atoms with van der Waals surface area (Å²) in [5.41, 5.74) is 4.43. The largest absolute Gasteiger partial charge is 0.463 e. The standard InChI is InChI=1S/C20H19NO2/c1-2-23-20(22)13-12-17-16-10-6-7-11-18(16)21-19(17)14-15-8-4-3-5-9-15/h3-13,21H,2,14H2,1H3. The molecule has 0 aliphatic carbocycles. The van der Waals surface area contributed by atoms with Crippen molar-refractivity contribution in [3.63, 3.8) is 0 Å². The molecule has 0 fully saturated rings. The molecular formula is C20H19NO2. The molecule has 0 unspecified atom stereocenters. The molecule has 23 heavy (non-hydrogen) atoms. The van der Waals surface area contributed by atoms with Crippen LogP contribution in [0.15, 0.2) is 60.7 Å². The minimum Gasteiger partial charge on any atom is -0.463 e. The Kier molecular flexibility index (Phi) is 4.57. The van der Waals surface area contributed by atoms with Gasteiger partial charge in [0.2, 0.25) is 0 Å². The summed E-state index contributed by atoms with van der Waals surface area (Å²) in [4.78, 5) is 15.1. The molecule has 2 aromatic carbocycles. The van der Waals surface area contributed by atoms with Crippen LogP contribution in [0.3, 0.4) is 0 Å². The fraction of sp³-hybridized carbons (Fsp3) is 0.150. The van der Waals surface area contributed by atoms with Gasteiger partial charge in [0.25, 0.3) is 0 Å². The number of nitrogens with one attached hydrogen (secondary N) is 1. The van der Waals surface area contributed by atoms with Crippen molar-refractivity contribution in [3.05, 3.63) is 77.5 Å². The Morgan fingerprint density at radius 3 is 2.61 bits per heavy atom. The number of hydrogen-bond donors (Lipinski definition) is 1. The van der Waals surface area contributed by atoms with Crippen LogP contribution in [0.5, 0.6) is 0 Å². The van der Waals surface area contributed by atoms with Crippen LogP contribution < -0.4 is 0 Å². The van der Waals surface area contributed by atoms with Gasteiger partial charge in [-0.05, 0) is 24.6 Å². The number of para-hydroxylation sites is 1. The fourth-order valence-electron chi connectivity index (χ4n) is 2.69. The Hall–Kier alpha value is -2.81. The zero-order chi connectivity index (χ0) is 16.1. The van der Waals surface area contributed by atoms with Gasteiger partial charge in [-0.3, -0.25) is 0 Å². The zero-order valence-corrected chi connectivity index (χ0v) is 13.1. The molecule has 0 amide bonds. The molecule has 0 bridgehead atoms. The van der Waals surface area contributed by atoms with Gasteiger partial charge in [0.05, 0.1) is 6.61 Å². The number of fused-ring (bicyclic) bond motifs is 1. The number of H-pyrrole nitrogens is 1. The van der Waals surface area contributed by atoms with E-state index in [0.29, 0.717) is 6.61 Å². The van der Waals surface area contributed by atoms with Gasteiger partial charge in [-0.15, -0.1) is 0 Å². The Labute approximate surface area is 135 Å². The molecule has 0 saturated carbocycles. The van der Waals surface area contributed by atoms with E-state index < -0.39 is 0 Å². The van der Waals surface area contributed by atoms with E-state index in [1.807, 2.05) is 42.5 Å². The van der Waals surface area contributed by atoms with Crippen LogP contribution in [0.1, 0.15) is 23.7 Å². The van der Waals surface area contributed by atoms with Crippen LogP contribution in [-0.4, -0.2) is 17.6 Å². The lowest BCUT2D eigenvalue weighted by Gasteiger charge is -2.02. The van der Waals surface area contributed by atoms with E-state index in [1.54, 1.807) is 6.92 Å². The summed E-state index contributed by atoms with van der Waals surface area (Å²) >= 11 is 0. The van der Waals surface area contributed by atoms with Crippen molar-refractivity contribution in [1.82, 2.24) is 4.98 Å². The second kappa shape index (κ2) is 6.97. The van der Waals surface area contributed by atoms with Gasteiger partial charge in [0.15, 0.2) is 0 Å². The van der Waals surface area contributed by atoms with E-state index in [1.165, 1.54) is 11.6 Å². The predicted octanol–water partition coefficient (Wildman–Crippen LogP) is 4.34. The average molecular weight is 305 g/mol. The molecule has 3 rings (SSSR count). The minimum absolute atomic E-state index is 0.316. The Bertz CT molecular complexity index is 831. The van der Waals surface area contributed by atoms with Gasteiger partial charge < -0.3 is 9.72 Å². The zero-order valence-electron chi connectivity index (χ0n) is 13.1. The smallest absolute Gasteiger partial charge is 0.330 e. The molecule has 0 aliphatic rings. The van der Waals surface area contributed by atoms with Crippen molar-refractivity contribution in [3.8, 4) is 0 Å². The van der Waals surface area contributed by atoms with Crippen LogP contribution in [0.2, 0.25) is 0 Å². The molecular weight excluding hydrogens is 286 g/mol. The molecule has 1 heterocycles. The number of esters is 1. The van der Waals surface area contributed by atoms with Crippen molar-refractivity contribution >= 4 is 22.9 Å². The van der Waals surface area contributed by atoms with E-state index in [9.17, 15) is 4.79 Å². The van der Waals surface area contributed by atoms with E-state index in [0.717, 1.165) is 28.6 Å². The van der Waals surface area contributed by atoms with E-state index >= 15 is 0 Å². The number of carbonyl (C=O) groups is 1. The quantitative estimate of drug-likeness (QED) is 0.563. The highest BCUT2D eigenvalue weighted by Gasteiger charge is 2.10. The molecule has 116 valence electrons. The second-order valence-electron chi connectivity index (χ2n) is 5.31. The Morgan fingerprint density at radius 2 is 1.83 bits per heavy atom. The monoisotopic (exact) mass is 305 g/mol. The minimum atomic E-state index is -0.316. The lowest BCUT2D eigenvalue weighted by atomic mass is 10.0. The van der Waals surface area contributed by atoms with Crippen molar-refractivity contribution in [1.29, 1.82) is 0 Å². The summed E-state index contributed by atoms with van der Waals surface area (Å²) < 4.78 is 4.97. The molecule has 0 saturated heterocycles. The van der Waals surface area contributed by atoms with Gasteiger partial charge in [0, 0.05) is 34.7 Å². The van der Waals surface area contributed by atoms with Gasteiger partial charge in [0.1, 0.15) is 0 Å². The number of carbonyl (C=O) groups excluding carboxylic acids is 1. The number of hydrogen-bond acceptors (Lipinski definition) is 2. The predicted molar refractivity (Wildman–Crippen MR) is 93.2 cm³/mol. The van der Waals surface area contributed by atoms with E-state index in [-0.39, 0.29) is 5.97 Å². The summed E-state index contributed by atoms with van der Waals surface area (Å²) in [5, 5.41) is 1.11. The van der Waals surface area contributed by atoms with Crippen LogP contribution in [-0.2, 0) is 16.0 Å². The summed E-state index contributed by atoms with van der Waals surface area (Å²) in [6.45, 7) is 2.19. The first kappa shape index (κ1) is 15.1. The third-order valence-corrected chi connectivity index (χ3v) is 3.72. The maximum atomic E-state index is 11.6. The lowest BCUT2D eigenvalue weighted by Crippen LogP contribution is -1.99. The van der Waals surface area contributed by atoms with Crippen LogP contribution in [0.4, 0.5) is 0 Å². The van der Waals surface area contributed by atoms with E-state index in [2.05, 4.69) is 23.2 Å². The average Bonchev–Trinajstić information content (AvgIpc) is 2.91. The number of benzene rings is 2. The SMILES string of the molecule is CCOC(=O)C=Cc1c(Cc2ccccc2)[nH]c2ccccc12. The van der Waals surface area contributed by atoms with Crippen molar-refractivity contribution in [2.45, 2.75) is 13.3 Å². The molecule has 3 heteroatoms. The first-order chi connectivity index (χ1) is 11.3. The Balaban J connectivity index is 1.99. The van der Waals surface area contributed by atoms with Crippen LogP contribution >= 0.6 is 0 Å². The molecule has 1 N–H and O–H groups in total. The van der Waals surface area contributed by atoms with Crippen molar-refractivity contribution < 1.29 is 9.53 Å². The maximum Gasteiger partial charge on any atom is 0.330 e.